The van der Waals surface area contributed by atoms with Crippen LogP contribution in [-0.4, -0.2) is 4.57 Å². The molecule has 1 aromatic heterocycles. The summed E-state index contributed by atoms with van der Waals surface area (Å²) >= 11 is 0. The molecule has 2 heteroatoms. The van der Waals surface area contributed by atoms with E-state index >= 15 is 0 Å². The summed E-state index contributed by atoms with van der Waals surface area (Å²) in [6, 6.07) is 90.7. The highest BCUT2D eigenvalue weighted by atomic mass is 15.1. The first-order valence-electron chi connectivity index (χ1n) is 22.4. The molecule has 2 nitrogen and oxygen atoms in total. The van der Waals surface area contributed by atoms with Crippen molar-refractivity contribution in [1.82, 2.24) is 4.57 Å². The van der Waals surface area contributed by atoms with Crippen LogP contribution in [0, 0.1) is 0 Å². The fraction of sp³-hybridized carbons (Fsp3) is 0.0323. The second-order valence-corrected chi connectivity index (χ2v) is 17.5. The van der Waals surface area contributed by atoms with Gasteiger partial charge in [-0.1, -0.05) is 182 Å². The molecule has 1 heterocycles. The molecule has 2 spiro atoms. The van der Waals surface area contributed by atoms with Gasteiger partial charge >= 0.3 is 0 Å². The Morgan fingerprint density at radius 1 is 0.266 bits per heavy atom. The highest BCUT2D eigenvalue weighted by molar-refractivity contribution is 6.11. The summed E-state index contributed by atoms with van der Waals surface area (Å²) in [6.07, 6.45) is 0. The molecule has 10 aromatic carbocycles. The number of hydrogen-bond donors (Lipinski definition) is 0. The van der Waals surface area contributed by atoms with Gasteiger partial charge in [-0.25, -0.2) is 0 Å². The third-order valence-corrected chi connectivity index (χ3v) is 14.7. The van der Waals surface area contributed by atoms with E-state index in [2.05, 4.69) is 252 Å². The molecule has 0 radical (unpaired) electrons. The lowest BCUT2D eigenvalue weighted by atomic mass is 9.52. The molecule has 0 fully saturated rings. The van der Waals surface area contributed by atoms with Crippen LogP contribution in [0.15, 0.2) is 243 Å². The fourth-order valence-electron chi connectivity index (χ4n) is 12.4. The molecule has 3 aliphatic rings. The van der Waals surface area contributed by atoms with Crippen molar-refractivity contribution >= 4 is 38.9 Å². The van der Waals surface area contributed by atoms with Crippen LogP contribution >= 0.6 is 0 Å². The van der Waals surface area contributed by atoms with Crippen molar-refractivity contribution in [3.8, 4) is 27.9 Å². The van der Waals surface area contributed by atoms with Gasteiger partial charge in [-0.3, -0.25) is 0 Å². The fourth-order valence-corrected chi connectivity index (χ4v) is 12.4. The van der Waals surface area contributed by atoms with Crippen LogP contribution in [0.25, 0.3) is 49.7 Å². The molecule has 0 unspecified atom stereocenters. The minimum absolute atomic E-state index is 0.463. The molecular weight excluding hydrogens is 773 g/mol. The Morgan fingerprint density at radius 2 is 0.672 bits per heavy atom. The van der Waals surface area contributed by atoms with E-state index in [-0.39, 0.29) is 0 Å². The molecule has 11 aromatic rings. The van der Waals surface area contributed by atoms with Gasteiger partial charge in [0.25, 0.3) is 0 Å². The van der Waals surface area contributed by atoms with Crippen LogP contribution in [0.5, 0.6) is 0 Å². The third kappa shape index (κ3) is 4.44. The molecule has 64 heavy (non-hydrogen) atoms. The molecule has 0 saturated carbocycles. The molecule has 3 aliphatic carbocycles. The summed E-state index contributed by atoms with van der Waals surface area (Å²) in [5.41, 5.74) is 21.8. The zero-order chi connectivity index (χ0) is 42.0. The number of benzene rings is 10. The van der Waals surface area contributed by atoms with Crippen LogP contribution in [0.1, 0.15) is 44.5 Å². The van der Waals surface area contributed by atoms with Crippen molar-refractivity contribution in [2.75, 3.05) is 4.90 Å². The highest BCUT2D eigenvalue weighted by Gasteiger charge is 2.58. The van der Waals surface area contributed by atoms with Crippen molar-refractivity contribution in [1.29, 1.82) is 0 Å². The Morgan fingerprint density at radius 3 is 1.25 bits per heavy atom. The third-order valence-electron chi connectivity index (χ3n) is 14.7. The van der Waals surface area contributed by atoms with Crippen molar-refractivity contribution in [2.45, 2.75) is 10.8 Å². The van der Waals surface area contributed by atoms with E-state index in [1.807, 2.05) is 0 Å². The number of para-hydroxylation sites is 3. The van der Waals surface area contributed by atoms with Crippen LogP contribution in [0.3, 0.4) is 0 Å². The van der Waals surface area contributed by atoms with Crippen LogP contribution in [0.4, 0.5) is 17.1 Å². The van der Waals surface area contributed by atoms with Crippen molar-refractivity contribution in [3.63, 3.8) is 0 Å². The monoisotopic (exact) mass is 812 g/mol. The lowest BCUT2D eigenvalue weighted by molar-refractivity contribution is 0.633. The first-order chi connectivity index (χ1) is 31.8. The quantitative estimate of drug-likeness (QED) is 0.172. The lowest BCUT2D eigenvalue weighted by Crippen LogP contribution is -2.43. The molecule has 0 saturated heterocycles. The Balaban J connectivity index is 1.02. The van der Waals surface area contributed by atoms with Gasteiger partial charge in [-0.2, -0.15) is 0 Å². The maximum Gasteiger partial charge on any atom is 0.0720 e. The molecule has 0 N–H and O–H groups in total. The molecule has 0 amide bonds. The second-order valence-electron chi connectivity index (χ2n) is 17.5. The topological polar surface area (TPSA) is 8.17 Å². The molecule has 0 bridgehead atoms. The summed E-state index contributed by atoms with van der Waals surface area (Å²) in [5.74, 6) is 0. The van der Waals surface area contributed by atoms with Gasteiger partial charge in [0, 0.05) is 33.5 Å². The van der Waals surface area contributed by atoms with Gasteiger partial charge in [-0.15, -0.1) is 0 Å². The highest BCUT2D eigenvalue weighted by Crippen LogP contribution is 2.67. The van der Waals surface area contributed by atoms with E-state index in [1.54, 1.807) is 0 Å². The SMILES string of the molecule is c1ccc(N(c2ccc3c(c2)-c2ccccc2C32c3ccccc3C3(c4ccccc4-c4ccccc43)c3ccccc32)c2ccc3c(c2)c2ccccc2n3-c2ccccc2)cc1. The van der Waals surface area contributed by atoms with Crippen LogP contribution in [0.2, 0.25) is 0 Å². The number of fused-ring (bicyclic) bond motifs is 19. The number of rotatable bonds is 4. The van der Waals surface area contributed by atoms with Gasteiger partial charge in [0.15, 0.2) is 0 Å². The maximum absolute atomic E-state index is 2.46. The molecule has 0 aliphatic heterocycles. The smallest absolute Gasteiger partial charge is 0.0720 e. The summed E-state index contributed by atoms with van der Waals surface area (Å²) in [5, 5.41) is 2.46. The number of nitrogens with zero attached hydrogens (tertiary/aromatic N) is 2. The molecule has 298 valence electrons. The van der Waals surface area contributed by atoms with E-state index in [1.165, 1.54) is 88.6 Å². The summed E-state index contributed by atoms with van der Waals surface area (Å²) in [7, 11) is 0. The van der Waals surface area contributed by atoms with Crippen LogP contribution < -0.4 is 4.90 Å². The Kier molecular flexibility index (Phi) is 7.28. The van der Waals surface area contributed by atoms with E-state index in [4.69, 9.17) is 0 Å². The summed E-state index contributed by atoms with van der Waals surface area (Å²) in [6.45, 7) is 0. The Labute approximate surface area is 372 Å². The average Bonchev–Trinajstić information content (AvgIpc) is 3.97. The van der Waals surface area contributed by atoms with Gasteiger partial charge in [0.2, 0.25) is 0 Å². The summed E-state index contributed by atoms with van der Waals surface area (Å²) < 4.78 is 2.39. The minimum atomic E-state index is -0.537. The van der Waals surface area contributed by atoms with Crippen molar-refractivity contribution in [2.24, 2.45) is 0 Å². The van der Waals surface area contributed by atoms with E-state index in [0.29, 0.717) is 0 Å². The number of hydrogen-bond acceptors (Lipinski definition) is 1. The van der Waals surface area contributed by atoms with E-state index < -0.39 is 10.8 Å². The van der Waals surface area contributed by atoms with Crippen molar-refractivity contribution < 1.29 is 0 Å². The normalized spacial score (nSPS) is 14.2. The Bertz CT molecular complexity index is 3590. The second kappa shape index (κ2) is 13.2. The van der Waals surface area contributed by atoms with Crippen molar-refractivity contribution in [3.05, 3.63) is 287 Å². The van der Waals surface area contributed by atoms with E-state index in [0.717, 1.165) is 22.7 Å². The maximum atomic E-state index is 2.46. The van der Waals surface area contributed by atoms with Gasteiger partial charge < -0.3 is 9.47 Å². The van der Waals surface area contributed by atoms with Gasteiger partial charge in [0.1, 0.15) is 0 Å². The Hall–Kier alpha value is -8.20. The summed E-state index contributed by atoms with van der Waals surface area (Å²) in [4.78, 5) is 2.44. The molecule has 14 rings (SSSR count). The first-order valence-corrected chi connectivity index (χ1v) is 22.4. The largest absolute Gasteiger partial charge is 0.310 e. The molecule has 0 atom stereocenters. The minimum Gasteiger partial charge on any atom is -0.310 e. The lowest BCUT2D eigenvalue weighted by Gasteiger charge is -2.48. The number of anilines is 3. The standard InChI is InChI=1S/C62H40N2/c1-3-19-41(20-4-1)63(44-36-38-60-50(40-44)48-26-10-18-34-59(48)64(60)42-21-5-2-6-22-42)43-35-37-54-49(39-43)47-25-9-13-29-53(47)62(54)57-32-16-14-30-55(57)61(56-31-15-17-33-58(56)62)51-27-11-7-23-45(51)46-24-8-12-28-52(46)61/h1-40H. The predicted octanol–water partition coefficient (Wildman–Crippen LogP) is 15.3. The van der Waals surface area contributed by atoms with Gasteiger partial charge in [0.05, 0.1) is 21.9 Å². The van der Waals surface area contributed by atoms with E-state index in [9.17, 15) is 0 Å². The molecular formula is C62H40N2. The average molecular weight is 813 g/mol. The zero-order valence-corrected chi connectivity index (χ0v) is 35.0. The van der Waals surface area contributed by atoms with Crippen LogP contribution in [-0.2, 0) is 10.8 Å². The zero-order valence-electron chi connectivity index (χ0n) is 35.0. The first kappa shape index (κ1) is 35.4. The van der Waals surface area contributed by atoms with Gasteiger partial charge in [-0.05, 0) is 127 Å². The number of aromatic nitrogens is 1. The predicted molar refractivity (Wildman–Crippen MR) is 264 cm³/mol.